The highest BCUT2D eigenvalue weighted by atomic mass is 16.2. The number of aryl methyl sites for hydroxylation is 1. The maximum absolute atomic E-state index is 12.8. The van der Waals surface area contributed by atoms with Gasteiger partial charge in [-0.3, -0.25) is 9.59 Å². The molecular weight excluding hydrogens is 336 g/mol. The van der Waals surface area contributed by atoms with E-state index in [0.29, 0.717) is 37.4 Å². The summed E-state index contributed by atoms with van der Waals surface area (Å²) in [6.45, 7) is 7.55. The van der Waals surface area contributed by atoms with Crippen LogP contribution in [0, 0.1) is 12.8 Å². The van der Waals surface area contributed by atoms with Gasteiger partial charge in [0.25, 0.3) is 5.91 Å². The molecule has 1 aliphatic rings. The molecule has 4 nitrogen and oxygen atoms in total. The second-order valence-corrected chi connectivity index (χ2v) is 7.62. The van der Waals surface area contributed by atoms with Crippen molar-refractivity contribution in [2.24, 2.45) is 5.92 Å². The third kappa shape index (κ3) is 4.38. The molecule has 0 aliphatic carbocycles. The van der Waals surface area contributed by atoms with Gasteiger partial charge in [-0.15, -0.1) is 0 Å². The van der Waals surface area contributed by atoms with Gasteiger partial charge in [-0.2, -0.15) is 0 Å². The maximum Gasteiger partial charge on any atom is 0.253 e. The third-order valence-corrected chi connectivity index (χ3v) is 5.35. The molecule has 1 fully saturated rings. The van der Waals surface area contributed by atoms with Gasteiger partial charge in [0.2, 0.25) is 5.91 Å². The highest BCUT2D eigenvalue weighted by Crippen LogP contribution is 2.29. The van der Waals surface area contributed by atoms with E-state index < -0.39 is 0 Å². The zero-order valence-electron chi connectivity index (χ0n) is 16.4. The molecule has 1 heterocycles. The molecule has 4 heteroatoms. The minimum absolute atomic E-state index is 0.0513. The van der Waals surface area contributed by atoms with E-state index in [1.54, 1.807) is 0 Å². The van der Waals surface area contributed by atoms with Gasteiger partial charge in [-0.05, 0) is 48.9 Å². The summed E-state index contributed by atoms with van der Waals surface area (Å²) >= 11 is 0. The van der Waals surface area contributed by atoms with Crippen LogP contribution in [0.15, 0.2) is 48.5 Å². The van der Waals surface area contributed by atoms with E-state index in [4.69, 9.17) is 0 Å². The van der Waals surface area contributed by atoms with E-state index >= 15 is 0 Å². The Kier molecular flexibility index (Phi) is 5.94. The minimum atomic E-state index is -0.0514. The first-order valence-electron chi connectivity index (χ1n) is 9.72. The van der Waals surface area contributed by atoms with Crippen LogP contribution in [-0.4, -0.2) is 29.8 Å². The standard InChI is InChI=1S/C23H28N2O2/c1-16(2)20-11-7-8-17(3)21(20)24-22(26)18-12-14-25(15-13-18)23(27)19-9-5-4-6-10-19/h4-11,16,18H,12-15H2,1-3H3,(H,24,26). The van der Waals surface area contributed by atoms with Crippen molar-refractivity contribution >= 4 is 17.5 Å². The number of carbonyl (C=O) groups excluding carboxylic acids is 2. The summed E-state index contributed by atoms with van der Waals surface area (Å²) in [4.78, 5) is 27.2. The Balaban J connectivity index is 1.62. The molecule has 27 heavy (non-hydrogen) atoms. The first-order valence-corrected chi connectivity index (χ1v) is 9.72. The lowest BCUT2D eigenvalue weighted by Gasteiger charge is -2.31. The van der Waals surface area contributed by atoms with Crippen molar-refractivity contribution in [3.05, 3.63) is 65.2 Å². The fourth-order valence-electron chi connectivity index (χ4n) is 3.68. The Labute approximate surface area is 161 Å². The van der Waals surface area contributed by atoms with Crippen molar-refractivity contribution < 1.29 is 9.59 Å². The topological polar surface area (TPSA) is 49.4 Å². The number of rotatable bonds is 4. The number of hydrogen-bond donors (Lipinski definition) is 1. The predicted octanol–water partition coefficient (Wildman–Crippen LogP) is 4.61. The van der Waals surface area contributed by atoms with E-state index in [-0.39, 0.29) is 17.7 Å². The van der Waals surface area contributed by atoms with Gasteiger partial charge in [0.1, 0.15) is 0 Å². The third-order valence-electron chi connectivity index (χ3n) is 5.35. The van der Waals surface area contributed by atoms with Crippen molar-refractivity contribution in [1.29, 1.82) is 0 Å². The van der Waals surface area contributed by atoms with Crippen LogP contribution in [0.5, 0.6) is 0 Å². The largest absolute Gasteiger partial charge is 0.339 e. The molecule has 0 saturated carbocycles. The second-order valence-electron chi connectivity index (χ2n) is 7.62. The van der Waals surface area contributed by atoms with E-state index in [0.717, 1.165) is 11.3 Å². The Hall–Kier alpha value is -2.62. The molecule has 0 aromatic heterocycles. The van der Waals surface area contributed by atoms with Gasteiger partial charge in [-0.1, -0.05) is 50.2 Å². The summed E-state index contributed by atoms with van der Waals surface area (Å²) in [6, 6.07) is 15.5. The molecule has 3 rings (SSSR count). The van der Waals surface area contributed by atoms with Gasteiger partial charge >= 0.3 is 0 Å². The molecule has 2 aromatic carbocycles. The van der Waals surface area contributed by atoms with Crippen LogP contribution in [-0.2, 0) is 4.79 Å². The molecule has 0 bridgehead atoms. The zero-order chi connectivity index (χ0) is 19.4. The smallest absolute Gasteiger partial charge is 0.253 e. The highest BCUT2D eigenvalue weighted by Gasteiger charge is 2.28. The average Bonchev–Trinajstić information content (AvgIpc) is 2.69. The minimum Gasteiger partial charge on any atom is -0.339 e. The lowest BCUT2D eigenvalue weighted by Crippen LogP contribution is -2.41. The van der Waals surface area contributed by atoms with Crippen molar-refractivity contribution in [1.82, 2.24) is 4.90 Å². The highest BCUT2D eigenvalue weighted by molar-refractivity contribution is 5.96. The summed E-state index contributed by atoms with van der Waals surface area (Å²) in [5.74, 6) is 0.420. The Morgan fingerprint density at radius 2 is 1.67 bits per heavy atom. The van der Waals surface area contributed by atoms with Crippen molar-refractivity contribution in [3.63, 3.8) is 0 Å². The molecule has 0 radical (unpaired) electrons. The van der Waals surface area contributed by atoms with Gasteiger partial charge in [0.15, 0.2) is 0 Å². The van der Waals surface area contributed by atoms with E-state index in [1.165, 1.54) is 5.56 Å². The Morgan fingerprint density at radius 1 is 1.00 bits per heavy atom. The number of nitrogens with one attached hydrogen (secondary N) is 1. The number of amides is 2. The number of anilines is 1. The summed E-state index contributed by atoms with van der Waals surface area (Å²) in [6.07, 6.45) is 1.40. The fourth-order valence-corrected chi connectivity index (χ4v) is 3.68. The molecule has 1 aliphatic heterocycles. The SMILES string of the molecule is Cc1cccc(C(C)C)c1NC(=O)C1CCN(C(=O)c2ccccc2)CC1. The van der Waals surface area contributed by atoms with Crippen LogP contribution in [0.25, 0.3) is 0 Å². The molecule has 0 spiro atoms. The first-order chi connectivity index (χ1) is 13.0. The molecule has 0 atom stereocenters. The van der Waals surface area contributed by atoms with Crippen LogP contribution >= 0.6 is 0 Å². The number of nitrogens with zero attached hydrogens (tertiary/aromatic N) is 1. The lowest BCUT2D eigenvalue weighted by atomic mass is 9.94. The van der Waals surface area contributed by atoms with Gasteiger partial charge in [-0.25, -0.2) is 0 Å². The molecule has 0 unspecified atom stereocenters. The van der Waals surface area contributed by atoms with Crippen LogP contribution in [0.2, 0.25) is 0 Å². The summed E-state index contributed by atoms with van der Waals surface area (Å²) < 4.78 is 0. The van der Waals surface area contributed by atoms with Crippen LogP contribution in [0.1, 0.15) is 54.1 Å². The van der Waals surface area contributed by atoms with Gasteiger partial charge in [0.05, 0.1) is 0 Å². The number of piperidine rings is 1. The van der Waals surface area contributed by atoms with E-state index in [9.17, 15) is 9.59 Å². The normalized spacial score (nSPS) is 15.0. The van der Waals surface area contributed by atoms with Gasteiger partial charge < -0.3 is 10.2 Å². The first kappa shape index (κ1) is 19.2. The molecule has 1 N–H and O–H groups in total. The molecule has 2 amide bonds. The summed E-state index contributed by atoms with van der Waals surface area (Å²) in [7, 11) is 0. The Bertz CT molecular complexity index is 806. The average molecular weight is 364 g/mol. The number of para-hydroxylation sites is 1. The molecule has 2 aromatic rings. The second kappa shape index (κ2) is 8.38. The number of benzene rings is 2. The predicted molar refractivity (Wildman–Crippen MR) is 109 cm³/mol. The molecule has 1 saturated heterocycles. The van der Waals surface area contributed by atoms with E-state index in [2.05, 4.69) is 25.2 Å². The van der Waals surface area contributed by atoms with Gasteiger partial charge in [0, 0.05) is 30.3 Å². The summed E-state index contributed by atoms with van der Waals surface area (Å²) in [5.41, 5.74) is 3.91. The molecular formula is C23H28N2O2. The quantitative estimate of drug-likeness (QED) is 0.861. The van der Waals surface area contributed by atoms with Crippen molar-refractivity contribution in [3.8, 4) is 0 Å². The van der Waals surface area contributed by atoms with Crippen LogP contribution in [0.3, 0.4) is 0 Å². The van der Waals surface area contributed by atoms with Crippen LogP contribution < -0.4 is 5.32 Å². The van der Waals surface area contributed by atoms with Crippen LogP contribution in [0.4, 0.5) is 5.69 Å². The monoisotopic (exact) mass is 364 g/mol. The molecule has 142 valence electrons. The number of hydrogen-bond acceptors (Lipinski definition) is 2. The Morgan fingerprint density at radius 3 is 2.30 bits per heavy atom. The van der Waals surface area contributed by atoms with Crippen molar-refractivity contribution in [2.75, 3.05) is 18.4 Å². The summed E-state index contributed by atoms with van der Waals surface area (Å²) in [5, 5.41) is 3.16. The number of carbonyl (C=O) groups is 2. The maximum atomic E-state index is 12.8. The van der Waals surface area contributed by atoms with Crippen molar-refractivity contribution in [2.45, 2.75) is 39.5 Å². The lowest BCUT2D eigenvalue weighted by molar-refractivity contribution is -0.121. The fraction of sp³-hybridized carbons (Fsp3) is 0.391. The van der Waals surface area contributed by atoms with E-state index in [1.807, 2.05) is 54.3 Å². The zero-order valence-corrected chi connectivity index (χ0v) is 16.4. The number of likely N-dealkylation sites (tertiary alicyclic amines) is 1.